The highest BCUT2D eigenvalue weighted by molar-refractivity contribution is 9.10. The van der Waals surface area contributed by atoms with Gasteiger partial charge in [-0.15, -0.1) is 0 Å². The van der Waals surface area contributed by atoms with Crippen LogP contribution in [0.2, 0.25) is 0 Å². The van der Waals surface area contributed by atoms with Crippen LogP contribution in [-0.2, 0) is 0 Å². The van der Waals surface area contributed by atoms with Crippen molar-refractivity contribution >= 4 is 27.5 Å². The van der Waals surface area contributed by atoms with Crippen molar-refractivity contribution in [2.24, 2.45) is 0 Å². The van der Waals surface area contributed by atoms with Crippen molar-refractivity contribution in [3.63, 3.8) is 0 Å². The molecule has 1 amide bonds. The van der Waals surface area contributed by atoms with E-state index < -0.39 is 5.82 Å². The van der Waals surface area contributed by atoms with Crippen LogP contribution < -0.4 is 5.32 Å². The summed E-state index contributed by atoms with van der Waals surface area (Å²) in [6, 6.07) is 10.8. The van der Waals surface area contributed by atoms with E-state index in [0.29, 0.717) is 11.3 Å². The second-order valence-electron chi connectivity index (χ2n) is 4.22. The number of hydrogen-bond acceptors (Lipinski definition) is 2. The largest absolute Gasteiger partial charge is 0.322 e. The van der Waals surface area contributed by atoms with Crippen molar-refractivity contribution in [3.05, 3.63) is 63.4 Å². The van der Waals surface area contributed by atoms with Gasteiger partial charge < -0.3 is 5.32 Å². The Kier molecular flexibility index (Phi) is 4.16. The standard InChI is InChI=1S/C15H10BrFN2O/c1-9-2-3-10(7-13(9)16)15(20)19-12-4-5-14(17)11(6-12)8-18/h2-7H,1H3,(H,19,20). The summed E-state index contributed by atoms with van der Waals surface area (Å²) in [5.74, 6) is -0.926. The molecule has 0 aromatic heterocycles. The molecule has 2 aromatic carbocycles. The Balaban J connectivity index is 2.23. The first-order chi connectivity index (χ1) is 9.51. The molecule has 0 saturated carbocycles. The van der Waals surface area contributed by atoms with Gasteiger partial charge in [0, 0.05) is 15.7 Å². The molecule has 0 radical (unpaired) electrons. The lowest BCUT2D eigenvalue weighted by atomic mass is 10.1. The zero-order valence-electron chi connectivity index (χ0n) is 10.6. The Labute approximate surface area is 124 Å². The van der Waals surface area contributed by atoms with Crippen LogP contribution in [0.25, 0.3) is 0 Å². The van der Waals surface area contributed by atoms with Crippen LogP contribution in [-0.4, -0.2) is 5.91 Å². The van der Waals surface area contributed by atoms with Crippen LogP contribution in [0.4, 0.5) is 10.1 Å². The zero-order chi connectivity index (χ0) is 14.7. The number of amides is 1. The van der Waals surface area contributed by atoms with Crippen molar-refractivity contribution in [2.75, 3.05) is 5.32 Å². The molecule has 5 heteroatoms. The number of benzene rings is 2. The molecular weight excluding hydrogens is 323 g/mol. The minimum atomic E-state index is -0.608. The van der Waals surface area contributed by atoms with E-state index in [1.54, 1.807) is 18.2 Å². The van der Waals surface area contributed by atoms with Crippen molar-refractivity contribution in [3.8, 4) is 6.07 Å². The molecule has 3 nitrogen and oxygen atoms in total. The summed E-state index contributed by atoms with van der Waals surface area (Å²) >= 11 is 3.36. The molecule has 20 heavy (non-hydrogen) atoms. The van der Waals surface area contributed by atoms with Gasteiger partial charge in [0.15, 0.2) is 0 Å². The van der Waals surface area contributed by atoms with Gasteiger partial charge in [0.05, 0.1) is 5.56 Å². The van der Waals surface area contributed by atoms with E-state index in [2.05, 4.69) is 21.2 Å². The Morgan fingerprint density at radius 2 is 2.05 bits per heavy atom. The Morgan fingerprint density at radius 1 is 1.30 bits per heavy atom. The number of nitrogens with zero attached hydrogens (tertiary/aromatic N) is 1. The van der Waals surface area contributed by atoms with E-state index in [-0.39, 0.29) is 11.5 Å². The smallest absolute Gasteiger partial charge is 0.255 e. The Morgan fingerprint density at radius 3 is 2.70 bits per heavy atom. The van der Waals surface area contributed by atoms with Gasteiger partial charge in [-0.3, -0.25) is 4.79 Å². The molecule has 0 atom stereocenters. The van der Waals surface area contributed by atoms with Gasteiger partial charge in [-0.2, -0.15) is 5.26 Å². The minimum absolute atomic E-state index is 0.104. The summed E-state index contributed by atoms with van der Waals surface area (Å²) in [5.41, 5.74) is 1.78. The quantitative estimate of drug-likeness (QED) is 0.902. The lowest BCUT2D eigenvalue weighted by Gasteiger charge is -2.07. The molecule has 100 valence electrons. The van der Waals surface area contributed by atoms with E-state index in [4.69, 9.17) is 5.26 Å². The van der Waals surface area contributed by atoms with Crippen LogP contribution in [0, 0.1) is 24.1 Å². The fourth-order valence-electron chi connectivity index (χ4n) is 1.63. The van der Waals surface area contributed by atoms with Crippen LogP contribution in [0.3, 0.4) is 0 Å². The third kappa shape index (κ3) is 3.03. The van der Waals surface area contributed by atoms with E-state index >= 15 is 0 Å². The van der Waals surface area contributed by atoms with Gasteiger partial charge >= 0.3 is 0 Å². The van der Waals surface area contributed by atoms with E-state index in [1.165, 1.54) is 12.1 Å². The number of nitriles is 1. The minimum Gasteiger partial charge on any atom is -0.322 e. The fourth-order valence-corrected chi connectivity index (χ4v) is 2.00. The van der Waals surface area contributed by atoms with E-state index in [9.17, 15) is 9.18 Å². The first kappa shape index (κ1) is 14.2. The van der Waals surface area contributed by atoms with Gasteiger partial charge in [0.2, 0.25) is 0 Å². The number of carbonyl (C=O) groups is 1. The molecule has 0 saturated heterocycles. The summed E-state index contributed by atoms with van der Waals surface area (Å²) in [4.78, 5) is 12.1. The predicted molar refractivity (Wildman–Crippen MR) is 77.9 cm³/mol. The summed E-state index contributed by atoms with van der Waals surface area (Å²) in [5, 5.41) is 11.4. The molecule has 1 N–H and O–H groups in total. The van der Waals surface area contributed by atoms with Crippen molar-refractivity contribution in [2.45, 2.75) is 6.92 Å². The highest BCUT2D eigenvalue weighted by Crippen LogP contribution is 2.19. The molecule has 0 fully saturated rings. The number of nitrogens with one attached hydrogen (secondary N) is 1. The molecule has 0 aliphatic carbocycles. The summed E-state index contributed by atoms with van der Waals surface area (Å²) < 4.78 is 14.0. The number of halogens is 2. The monoisotopic (exact) mass is 332 g/mol. The number of hydrogen-bond donors (Lipinski definition) is 1. The third-order valence-electron chi connectivity index (χ3n) is 2.78. The molecule has 0 heterocycles. The summed E-state index contributed by atoms with van der Waals surface area (Å²) in [6.45, 7) is 1.92. The van der Waals surface area contributed by atoms with Gasteiger partial charge in [-0.05, 0) is 42.8 Å². The molecule has 2 aromatic rings. The van der Waals surface area contributed by atoms with Crippen molar-refractivity contribution in [1.29, 1.82) is 5.26 Å². The van der Waals surface area contributed by atoms with Gasteiger partial charge in [-0.1, -0.05) is 22.0 Å². The first-order valence-electron chi connectivity index (χ1n) is 5.78. The highest BCUT2D eigenvalue weighted by Gasteiger charge is 2.09. The maximum Gasteiger partial charge on any atom is 0.255 e. The average molecular weight is 333 g/mol. The molecule has 0 aliphatic heterocycles. The van der Waals surface area contributed by atoms with Crippen LogP contribution in [0.1, 0.15) is 21.5 Å². The van der Waals surface area contributed by atoms with Gasteiger partial charge in [-0.25, -0.2) is 4.39 Å². The topological polar surface area (TPSA) is 52.9 Å². The molecule has 0 aliphatic rings. The highest BCUT2D eigenvalue weighted by atomic mass is 79.9. The number of aryl methyl sites for hydroxylation is 1. The van der Waals surface area contributed by atoms with Gasteiger partial charge in [0.25, 0.3) is 5.91 Å². The zero-order valence-corrected chi connectivity index (χ0v) is 12.2. The molecule has 2 rings (SSSR count). The number of rotatable bonds is 2. The Hall–Kier alpha value is -2.19. The molecule has 0 unspecified atom stereocenters. The molecule has 0 spiro atoms. The number of carbonyl (C=O) groups excluding carboxylic acids is 1. The second kappa shape index (κ2) is 5.85. The normalized spacial score (nSPS) is 9.90. The van der Waals surface area contributed by atoms with Crippen LogP contribution >= 0.6 is 15.9 Å². The second-order valence-corrected chi connectivity index (χ2v) is 5.08. The lowest BCUT2D eigenvalue weighted by molar-refractivity contribution is 0.102. The summed E-state index contributed by atoms with van der Waals surface area (Å²) in [6.07, 6.45) is 0. The van der Waals surface area contributed by atoms with Crippen LogP contribution in [0.5, 0.6) is 0 Å². The van der Waals surface area contributed by atoms with Crippen molar-refractivity contribution < 1.29 is 9.18 Å². The van der Waals surface area contributed by atoms with Gasteiger partial charge in [0.1, 0.15) is 11.9 Å². The maximum absolute atomic E-state index is 13.2. The first-order valence-corrected chi connectivity index (χ1v) is 6.57. The molecule has 0 bridgehead atoms. The maximum atomic E-state index is 13.2. The van der Waals surface area contributed by atoms with Crippen molar-refractivity contribution in [1.82, 2.24) is 0 Å². The average Bonchev–Trinajstić information content (AvgIpc) is 2.43. The Bertz CT molecular complexity index is 722. The van der Waals surface area contributed by atoms with Crippen LogP contribution in [0.15, 0.2) is 40.9 Å². The van der Waals surface area contributed by atoms with E-state index in [1.807, 2.05) is 13.0 Å². The predicted octanol–water partition coefficient (Wildman–Crippen LogP) is 4.02. The number of anilines is 1. The fraction of sp³-hybridized carbons (Fsp3) is 0.0667. The SMILES string of the molecule is Cc1ccc(C(=O)Nc2ccc(F)c(C#N)c2)cc1Br. The molecular formula is C15H10BrFN2O. The van der Waals surface area contributed by atoms with E-state index in [0.717, 1.165) is 16.1 Å². The lowest BCUT2D eigenvalue weighted by Crippen LogP contribution is -2.12. The summed E-state index contributed by atoms with van der Waals surface area (Å²) in [7, 11) is 0. The third-order valence-corrected chi connectivity index (χ3v) is 3.63.